The highest BCUT2D eigenvalue weighted by Crippen LogP contribution is 2.31. The number of hydrogen-bond donors (Lipinski definition) is 4. The van der Waals surface area contributed by atoms with Crippen LogP contribution in [0.5, 0.6) is 0 Å². The third kappa shape index (κ3) is 9.00. The van der Waals surface area contributed by atoms with Crippen LogP contribution in [0.4, 0.5) is 11.4 Å². The Morgan fingerprint density at radius 1 is 1.12 bits per heavy atom. The molecule has 43 heavy (non-hydrogen) atoms. The number of nitrogens with one attached hydrogen (secondary N) is 2. The van der Waals surface area contributed by atoms with Crippen molar-refractivity contribution in [3.05, 3.63) is 87.9 Å². The molecule has 2 aromatic rings. The number of nitrogens with zero attached hydrogens (tertiary/aromatic N) is 2. The number of benzene rings is 2. The van der Waals surface area contributed by atoms with Crippen LogP contribution < -0.4 is 15.8 Å². The van der Waals surface area contributed by atoms with Crippen LogP contribution >= 0.6 is 23.2 Å². The van der Waals surface area contributed by atoms with Crippen molar-refractivity contribution in [3.63, 3.8) is 0 Å². The molecule has 0 saturated carbocycles. The van der Waals surface area contributed by atoms with Gasteiger partial charge < -0.3 is 20.7 Å². The lowest BCUT2D eigenvalue weighted by Crippen LogP contribution is -2.28. The van der Waals surface area contributed by atoms with Gasteiger partial charge in [0.1, 0.15) is 0 Å². The summed E-state index contributed by atoms with van der Waals surface area (Å²) in [5.41, 5.74) is 8.09. The second-order valence-corrected chi connectivity index (χ2v) is 13.4. The summed E-state index contributed by atoms with van der Waals surface area (Å²) < 4.78 is 30.6. The molecule has 5 N–H and O–H groups in total. The molecule has 0 radical (unpaired) electrons. The van der Waals surface area contributed by atoms with Crippen molar-refractivity contribution >= 4 is 56.8 Å². The van der Waals surface area contributed by atoms with E-state index in [0.29, 0.717) is 47.4 Å². The number of anilines is 2. The Hall–Kier alpha value is -3.02. The van der Waals surface area contributed by atoms with Gasteiger partial charge in [-0.1, -0.05) is 55.1 Å². The number of rotatable bonds is 15. The minimum absolute atomic E-state index is 0.0490. The van der Waals surface area contributed by atoms with Crippen molar-refractivity contribution in [3.8, 4) is 0 Å². The SMILES string of the molecule is CCCCCCN1C=[N+]([C-]2C=CC(S(=O)(=O)Nc3ccc(CCNCC(O)c4cc(Cl)c(N)c(Cl)c4)cc3)C=C2)CC1=O. The molecule has 2 aromatic carbocycles. The first kappa shape index (κ1) is 32.9. The van der Waals surface area contributed by atoms with Gasteiger partial charge in [-0.25, -0.2) is 18.1 Å². The van der Waals surface area contributed by atoms with Crippen LogP contribution in [0.2, 0.25) is 10.0 Å². The minimum Gasteiger partial charge on any atom is -0.396 e. The number of aliphatic hydroxyl groups excluding tert-OH is 1. The van der Waals surface area contributed by atoms with Crippen LogP contribution in [-0.2, 0) is 21.2 Å². The number of aliphatic hydroxyl groups is 1. The summed E-state index contributed by atoms with van der Waals surface area (Å²) in [6.07, 6.45) is 12.8. The summed E-state index contributed by atoms with van der Waals surface area (Å²) in [4.78, 5) is 14.1. The molecule has 2 aliphatic rings. The van der Waals surface area contributed by atoms with Crippen LogP contribution in [0.3, 0.4) is 0 Å². The summed E-state index contributed by atoms with van der Waals surface area (Å²) in [6.45, 7) is 4.01. The molecule has 1 atom stereocenters. The number of carbonyl (C=O) groups excluding carboxylic acids is 1. The minimum atomic E-state index is -3.71. The fourth-order valence-corrected chi connectivity index (χ4v) is 6.50. The van der Waals surface area contributed by atoms with Crippen LogP contribution in [0.25, 0.3) is 0 Å². The van der Waals surface area contributed by atoms with Gasteiger partial charge >= 0.3 is 5.91 Å². The maximum atomic E-state index is 13.0. The molecule has 4 rings (SSSR count). The normalized spacial score (nSPS) is 16.2. The second kappa shape index (κ2) is 15.1. The van der Waals surface area contributed by atoms with E-state index < -0.39 is 21.4 Å². The average molecular weight is 649 g/mol. The first-order valence-corrected chi connectivity index (χ1v) is 16.8. The van der Waals surface area contributed by atoms with Crippen LogP contribution in [0.15, 0.2) is 60.7 Å². The summed E-state index contributed by atoms with van der Waals surface area (Å²) in [7, 11) is -3.71. The molecule has 1 unspecified atom stereocenters. The van der Waals surface area contributed by atoms with E-state index in [2.05, 4.69) is 17.0 Å². The predicted molar refractivity (Wildman–Crippen MR) is 174 cm³/mol. The second-order valence-electron chi connectivity index (χ2n) is 10.7. The Kier molecular flexibility index (Phi) is 11.6. The molecule has 0 bridgehead atoms. The molecule has 1 aliphatic heterocycles. The molecule has 1 heterocycles. The molecule has 0 spiro atoms. The third-order valence-electron chi connectivity index (χ3n) is 7.39. The Morgan fingerprint density at radius 3 is 2.44 bits per heavy atom. The molecular formula is C31H39Cl2N5O4S. The van der Waals surface area contributed by atoms with E-state index in [1.165, 1.54) is 0 Å². The lowest BCUT2D eigenvalue weighted by atomic mass is 10.1. The number of sulfonamides is 1. The summed E-state index contributed by atoms with van der Waals surface area (Å²) in [6, 6.07) is 11.2. The Bertz CT molecular complexity index is 1440. The van der Waals surface area contributed by atoms with Crippen molar-refractivity contribution in [1.29, 1.82) is 0 Å². The number of amides is 1. The van der Waals surface area contributed by atoms with Gasteiger partial charge in [-0.05, 0) is 61.2 Å². The zero-order chi connectivity index (χ0) is 31.0. The quantitative estimate of drug-likeness (QED) is 0.0963. The zero-order valence-corrected chi connectivity index (χ0v) is 26.5. The van der Waals surface area contributed by atoms with Gasteiger partial charge in [0.2, 0.25) is 10.0 Å². The van der Waals surface area contributed by atoms with E-state index in [1.54, 1.807) is 53.5 Å². The van der Waals surface area contributed by atoms with E-state index >= 15 is 0 Å². The van der Waals surface area contributed by atoms with Gasteiger partial charge in [0.15, 0.2) is 12.9 Å². The van der Waals surface area contributed by atoms with Crippen molar-refractivity contribution in [2.75, 3.05) is 36.6 Å². The predicted octanol–water partition coefficient (Wildman–Crippen LogP) is 4.67. The first-order valence-electron chi connectivity index (χ1n) is 14.5. The summed E-state index contributed by atoms with van der Waals surface area (Å²) >= 11 is 12.1. The van der Waals surface area contributed by atoms with Gasteiger partial charge in [0, 0.05) is 18.3 Å². The molecular weight excluding hydrogens is 609 g/mol. The first-order chi connectivity index (χ1) is 20.6. The fourth-order valence-electron chi connectivity index (χ4n) is 4.82. The summed E-state index contributed by atoms with van der Waals surface area (Å²) in [5.74, 6) is 0.0490. The molecule has 1 amide bonds. The Morgan fingerprint density at radius 2 is 1.79 bits per heavy atom. The number of unbranched alkanes of at least 4 members (excludes halogenated alkanes) is 3. The zero-order valence-electron chi connectivity index (χ0n) is 24.2. The number of nitrogens with two attached hydrogens (primary N) is 1. The van der Waals surface area contributed by atoms with E-state index in [1.807, 2.05) is 23.0 Å². The van der Waals surface area contributed by atoms with Crippen molar-refractivity contribution < 1.29 is 22.9 Å². The van der Waals surface area contributed by atoms with Crippen LogP contribution in [0.1, 0.15) is 49.8 Å². The van der Waals surface area contributed by atoms with Gasteiger partial charge in [-0.2, -0.15) is 0 Å². The largest absolute Gasteiger partial charge is 0.396 e. The third-order valence-corrected chi connectivity index (χ3v) is 9.57. The highest BCUT2D eigenvalue weighted by Gasteiger charge is 2.29. The Balaban J connectivity index is 1.22. The van der Waals surface area contributed by atoms with E-state index in [9.17, 15) is 18.3 Å². The van der Waals surface area contributed by atoms with Gasteiger partial charge in [-0.15, -0.1) is 24.3 Å². The lowest BCUT2D eigenvalue weighted by molar-refractivity contribution is -0.477. The molecule has 232 valence electrons. The lowest BCUT2D eigenvalue weighted by Gasteiger charge is -2.23. The summed E-state index contributed by atoms with van der Waals surface area (Å²) in [5, 5.41) is 13.4. The van der Waals surface area contributed by atoms with Gasteiger partial charge in [0.25, 0.3) is 0 Å². The van der Waals surface area contributed by atoms with Crippen molar-refractivity contribution in [2.24, 2.45) is 0 Å². The van der Waals surface area contributed by atoms with Crippen LogP contribution in [-0.4, -0.2) is 66.7 Å². The highest BCUT2D eigenvalue weighted by atomic mass is 35.5. The molecule has 0 fully saturated rings. The molecule has 9 nitrogen and oxygen atoms in total. The van der Waals surface area contributed by atoms with Crippen molar-refractivity contribution in [2.45, 2.75) is 50.4 Å². The monoisotopic (exact) mass is 647 g/mol. The molecule has 1 aliphatic carbocycles. The average Bonchev–Trinajstić information content (AvgIpc) is 3.36. The van der Waals surface area contributed by atoms with Crippen molar-refractivity contribution in [1.82, 2.24) is 10.2 Å². The molecule has 12 heteroatoms. The number of hydrogen-bond acceptors (Lipinski definition) is 6. The smallest absolute Gasteiger partial charge is 0.341 e. The topological polar surface area (TPSA) is 128 Å². The van der Waals surface area contributed by atoms with E-state index in [0.717, 1.165) is 37.3 Å². The van der Waals surface area contributed by atoms with E-state index in [-0.39, 0.29) is 18.1 Å². The Labute approximate surface area is 264 Å². The fraction of sp³-hybridized carbons (Fsp3) is 0.387. The van der Waals surface area contributed by atoms with Gasteiger partial charge in [0.05, 0.1) is 33.6 Å². The number of nitrogen functional groups attached to an aromatic ring is 1. The standard InChI is InChI=1S/C31H39Cl2N5O4S/c1-2-3-4-5-16-37-21-38(20-30(37)40)25-10-12-26(13-11-25)43(41,42)36-24-8-6-22(7-9-24)14-15-35-19-29(39)23-17-27(32)31(34)28(33)18-23/h6-13,17-18,21,26,29,35-36,39H,2-5,14-16,19-20,34H2,1H3. The maximum absolute atomic E-state index is 13.0. The molecule has 0 saturated heterocycles. The number of halogens is 2. The highest BCUT2D eigenvalue weighted by molar-refractivity contribution is 7.93. The number of carbonyl (C=O) groups is 1. The van der Waals surface area contributed by atoms with Gasteiger partial charge in [-0.3, -0.25) is 4.72 Å². The van der Waals surface area contributed by atoms with Crippen LogP contribution in [0, 0.1) is 6.04 Å². The van der Waals surface area contributed by atoms with E-state index in [4.69, 9.17) is 28.9 Å². The maximum Gasteiger partial charge on any atom is 0.341 e. The molecule has 0 aromatic heterocycles.